The van der Waals surface area contributed by atoms with Crippen LogP contribution in [0.3, 0.4) is 0 Å². The van der Waals surface area contributed by atoms with Gasteiger partial charge in [-0.15, -0.1) is 0 Å². The van der Waals surface area contributed by atoms with Crippen molar-refractivity contribution < 1.29 is 13.9 Å². The molecule has 4 rings (SSSR count). The van der Waals surface area contributed by atoms with Crippen LogP contribution >= 0.6 is 0 Å². The maximum atomic E-state index is 13.6. The molecule has 0 aliphatic carbocycles. The monoisotopic (exact) mass is 691 g/mol. The van der Waals surface area contributed by atoms with E-state index in [9.17, 15) is 9.18 Å². The zero-order chi connectivity index (χ0) is 37.1. The van der Waals surface area contributed by atoms with Gasteiger partial charge in [0.2, 0.25) is 0 Å². The van der Waals surface area contributed by atoms with Gasteiger partial charge in [0.25, 0.3) is 0 Å². The molecule has 0 atom stereocenters. The molecule has 1 saturated heterocycles. The molecule has 6 nitrogen and oxygen atoms in total. The van der Waals surface area contributed by atoms with Gasteiger partial charge < -0.3 is 15.4 Å². The summed E-state index contributed by atoms with van der Waals surface area (Å²) in [6.07, 6.45) is 4.51. The summed E-state index contributed by atoms with van der Waals surface area (Å²) in [4.78, 5) is 18.6. The van der Waals surface area contributed by atoms with Crippen LogP contribution in [0, 0.1) is 19.7 Å². The van der Waals surface area contributed by atoms with Crippen molar-refractivity contribution in [1.82, 2.24) is 14.7 Å². The molecule has 0 bridgehead atoms. The zero-order valence-corrected chi connectivity index (χ0v) is 32.4. The second-order valence-electron chi connectivity index (χ2n) is 12.2. The smallest absolute Gasteiger partial charge is 0.305 e. The normalized spacial score (nSPS) is 12.5. The fourth-order valence-corrected chi connectivity index (χ4v) is 5.79. The molecule has 278 valence electrons. The number of carbonyl (C=O) groups is 1. The summed E-state index contributed by atoms with van der Waals surface area (Å²) in [5.74, 6) is -0.284. The van der Waals surface area contributed by atoms with Crippen molar-refractivity contribution in [1.29, 1.82) is 0 Å². The number of ether oxygens (including phenoxy) is 1. The summed E-state index contributed by atoms with van der Waals surface area (Å²) < 4.78 is 18.6. The van der Waals surface area contributed by atoms with E-state index in [1.54, 1.807) is 12.1 Å². The van der Waals surface area contributed by atoms with Gasteiger partial charge in [-0.05, 0) is 81.5 Å². The molecule has 0 saturated carbocycles. The molecule has 3 aromatic carbocycles. The SMILES string of the molecule is C=C(c1cccc(CCN(CCN)Cc2cccc(F)c2)c1)N1CCN(CCCCCC(=O)OCC)CC1.CC.CC.Cc1cccc(C)c1. The Balaban J connectivity index is 0.000000891. The maximum Gasteiger partial charge on any atom is 0.305 e. The number of benzene rings is 3. The topological polar surface area (TPSA) is 62.0 Å². The van der Waals surface area contributed by atoms with Gasteiger partial charge in [0.15, 0.2) is 0 Å². The van der Waals surface area contributed by atoms with E-state index in [0.717, 1.165) is 82.8 Å². The van der Waals surface area contributed by atoms with Gasteiger partial charge in [-0.2, -0.15) is 0 Å². The van der Waals surface area contributed by atoms with Crippen LogP contribution in [-0.4, -0.2) is 79.6 Å². The lowest BCUT2D eigenvalue weighted by Gasteiger charge is -2.37. The molecule has 3 aromatic rings. The minimum atomic E-state index is -0.201. The summed E-state index contributed by atoms with van der Waals surface area (Å²) in [7, 11) is 0. The lowest BCUT2D eigenvalue weighted by atomic mass is 10.0. The van der Waals surface area contributed by atoms with Gasteiger partial charge in [-0.3, -0.25) is 14.6 Å². The number of rotatable bonds is 16. The number of esters is 1. The molecule has 2 N–H and O–H groups in total. The van der Waals surface area contributed by atoms with E-state index in [4.69, 9.17) is 10.5 Å². The Morgan fingerprint density at radius 2 is 1.48 bits per heavy atom. The highest BCUT2D eigenvalue weighted by atomic mass is 19.1. The van der Waals surface area contributed by atoms with Gasteiger partial charge in [-0.25, -0.2) is 4.39 Å². The molecule has 1 heterocycles. The van der Waals surface area contributed by atoms with Crippen LogP contribution in [0.1, 0.15) is 88.1 Å². The third-order valence-corrected chi connectivity index (χ3v) is 8.31. The van der Waals surface area contributed by atoms with E-state index in [-0.39, 0.29) is 11.8 Å². The molecular formula is C43H67FN4O2. The third-order valence-electron chi connectivity index (χ3n) is 8.31. The van der Waals surface area contributed by atoms with E-state index in [2.05, 4.69) is 83.7 Å². The quantitative estimate of drug-likeness (QED) is 0.120. The molecule has 7 heteroatoms. The Morgan fingerprint density at radius 3 is 2.08 bits per heavy atom. The minimum Gasteiger partial charge on any atom is -0.466 e. The van der Waals surface area contributed by atoms with Crippen molar-refractivity contribution in [2.45, 2.75) is 87.1 Å². The van der Waals surface area contributed by atoms with Crippen molar-refractivity contribution in [3.63, 3.8) is 0 Å². The number of piperazine rings is 1. The van der Waals surface area contributed by atoms with Gasteiger partial charge in [0.1, 0.15) is 5.82 Å². The number of aryl methyl sites for hydroxylation is 2. The largest absolute Gasteiger partial charge is 0.466 e. The van der Waals surface area contributed by atoms with Crippen LogP contribution in [0.4, 0.5) is 4.39 Å². The van der Waals surface area contributed by atoms with Crippen molar-refractivity contribution in [2.24, 2.45) is 5.73 Å². The zero-order valence-electron chi connectivity index (χ0n) is 32.4. The number of hydrogen-bond acceptors (Lipinski definition) is 6. The first-order valence-corrected chi connectivity index (χ1v) is 18.9. The molecule has 0 spiro atoms. The maximum absolute atomic E-state index is 13.6. The summed E-state index contributed by atoms with van der Waals surface area (Å²) in [5.41, 5.74) is 13.0. The fourth-order valence-electron chi connectivity index (χ4n) is 5.79. The standard InChI is InChI=1S/C31H45FN4O2.C8H10.2C2H6/c1-3-38-31(37)13-5-4-6-16-34-19-21-36(22-20-34)26(2)29-11-7-9-27(23-29)14-17-35(18-15-33)25-28-10-8-12-30(32)24-28;1-7-4-3-5-8(2)6-7;2*1-2/h7-12,23-24H,2-6,13-22,25,33H2,1H3;3-6H,1-2H3;2*1-2H3. The summed E-state index contributed by atoms with van der Waals surface area (Å²) in [6, 6.07) is 23.9. The molecule has 1 fully saturated rings. The average molecular weight is 691 g/mol. The first kappa shape index (κ1) is 44.5. The number of carbonyl (C=O) groups excluding carboxylic acids is 1. The second-order valence-corrected chi connectivity index (χ2v) is 12.2. The van der Waals surface area contributed by atoms with Crippen molar-refractivity contribution in [3.8, 4) is 0 Å². The highest BCUT2D eigenvalue weighted by molar-refractivity contribution is 5.69. The number of halogens is 1. The van der Waals surface area contributed by atoms with Crippen LogP contribution in [-0.2, 0) is 22.5 Å². The Kier molecular flexibility index (Phi) is 24.2. The number of hydrogen-bond donors (Lipinski definition) is 1. The average Bonchev–Trinajstić information content (AvgIpc) is 3.13. The Hall–Kier alpha value is -3.52. The predicted molar refractivity (Wildman–Crippen MR) is 212 cm³/mol. The van der Waals surface area contributed by atoms with Crippen molar-refractivity contribution in [2.75, 3.05) is 59.0 Å². The molecule has 50 heavy (non-hydrogen) atoms. The van der Waals surface area contributed by atoms with Gasteiger partial charge in [-0.1, -0.05) is 106 Å². The third kappa shape index (κ3) is 18.5. The molecular weight excluding hydrogens is 623 g/mol. The molecule has 0 radical (unpaired) electrons. The summed E-state index contributed by atoms with van der Waals surface area (Å²) in [6.45, 7) is 26.9. The highest BCUT2D eigenvalue weighted by Gasteiger charge is 2.18. The fraction of sp³-hybridized carbons (Fsp3) is 0.512. The molecule has 0 amide bonds. The Bertz CT molecular complexity index is 1320. The first-order chi connectivity index (χ1) is 24.3. The summed E-state index contributed by atoms with van der Waals surface area (Å²) in [5, 5.41) is 0. The van der Waals surface area contributed by atoms with Gasteiger partial charge in [0.05, 0.1) is 6.61 Å². The first-order valence-electron chi connectivity index (χ1n) is 18.9. The predicted octanol–water partition coefficient (Wildman–Crippen LogP) is 8.90. The van der Waals surface area contributed by atoms with Crippen LogP contribution < -0.4 is 5.73 Å². The van der Waals surface area contributed by atoms with E-state index < -0.39 is 0 Å². The lowest BCUT2D eigenvalue weighted by molar-refractivity contribution is -0.143. The molecule has 1 aliphatic heterocycles. The van der Waals surface area contributed by atoms with E-state index in [1.807, 2.05) is 40.7 Å². The second kappa shape index (κ2) is 27.2. The molecule has 0 unspecified atom stereocenters. The van der Waals surface area contributed by atoms with E-state index in [0.29, 0.717) is 26.1 Å². The summed E-state index contributed by atoms with van der Waals surface area (Å²) >= 11 is 0. The molecule has 1 aliphatic rings. The van der Waals surface area contributed by atoms with Gasteiger partial charge in [0, 0.05) is 64.5 Å². The minimum absolute atomic E-state index is 0.0829. The number of nitrogens with zero attached hydrogens (tertiary/aromatic N) is 3. The van der Waals surface area contributed by atoms with Crippen LogP contribution in [0.2, 0.25) is 0 Å². The van der Waals surface area contributed by atoms with E-state index >= 15 is 0 Å². The van der Waals surface area contributed by atoms with Crippen LogP contribution in [0.5, 0.6) is 0 Å². The molecule has 0 aromatic heterocycles. The van der Waals surface area contributed by atoms with Crippen LogP contribution in [0.15, 0.2) is 79.4 Å². The van der Waals surface area contributed by atoms with Crippen LogP contribution in [0.25, 0.3) is 5.70 Å². The lowest BCUT2D eigenvalue weighted by Crippen LogP contribution is -2.45. The van der Waals surface area contributed by atoms with E-state index in [1.165, 1.54) is 28.3 Å². The number of nitrogens with two attached hydrogens (primary N) is 1. The Morgan fingerprint density at radius 1 is 0.840 bits per heavy atom. The number of unbranched alkanes of at least 4 members (excludes halogenated alkanes) is 2. The van der Waals surface area contributed by atoms with Gasteiger partial charge >= 0.3 is 5.97 Å². The van der Waals surface area contributed by atoms with Crippen molar-refractivity contribution in [3.05, 3.63) is 113 Å². The highest BCUT2D eigenvalue weighted by Crippen LogP contribution is 2.21. The Labute approximate surface area is 304 Å². The van der Waals surface area contributed by atoms with Crippen molar-refractivity contribution >= 4 is 11.7 Å².